The molecule has 0 aliphatic heterocycles. The lowest BCUT2D eigenvalue weighted by atomic mass is 9.74. The van der Waals surface area contributed by atoms with Gasteiger partial charge >= 0.3 is 0 Å². The van der Waals surface area contributed by atoms with Gasteiger partial charge in [0, 0.05) is 23.8 Å². The van der Waals surface area contributed by atoms with Gasteiger partial charge in [-0.15, -0.1) is 0 Å². The van der Waals surface area contributed by atoms with Crippen molar-refractivity contribution in [2.24, 2.45) is 5.41 Å². The number of carbonyl (C=O) groups excluding carboxylic acids is 1. The molecule has 0 heterocycles. The van der Waals surface area contributed by atoms with Crippen LogP contribution in [0.15, 0.2) is 29.5 Å². The number of ether oxygens (including phenoxy) is 2. The van der Waals surface area contributed by atoms with Gasteiger partial charge in [-0.05, 0) is 30.5 Å². The van der Waals surface area contributed by atoms with Crippen molar-refractivity contribution in [3.63, 3.8) is 0 Å². The molecule has 114 valence electrons. The summed E-state index contributed by atoms with van der Waals surface area (Å²) in [6, 6.07) is 6.08. The quantitative estimate of drug-likeness (QED) is 0.844. The highest BCUT2D eigenvalue weighted by atomic mass is 16.5. The number of hydrogen-bond acceptors (Lipinski definition) is 3. The maximum Gasteiger partial charge on any atom is 0.168 e. The number of methoxy groups -OCH3 is 2. The van der Waals surface area contributed by atoms with Gasteiger partial charge in [0.15, 0.2) is 5.78 Å². The van der Waals surface area contributed by atoms with E-state index in [-0.39, 0.29) is 11.2 Å². The van der Waals surface area contributed by atoms with Gasteiger partial charge in [0.1, 0.15) is 11.5 Å². The molecule has 1 aromatic carbocycles. The zero-order valence-electron chi connectivity index (χ0n) is 13.6. The van der Waals surface area contributed by atoms with Crippen molar-refractivity contribution in [2.75, 3.05) is 14.2 Å². The van der Waals surface area contributed by atoms with Gasteiger partial charge in [-0.2, -0.15) is 0 Å². The minimum absolute atomic E-state index is 0.199. The minimum atomic E-state index is -0.299. The molecule has 0 fully saturated rings. The van der Waals surface area contributed by atoms with Gasteiger partial charge in [0.05, 0.1) is 14.2 Å². The van der Waals surface area contributed by atoms with Crippen molar-refractivity contribution in [1.82, 2.24) is 0 Å². The monoisotopic (exact) mass is 288 g/mol. The van der Waals surface area contributed by atoms with Crippen molar-refractivity contribution < 1.29 is 14.3 Å². The molecule has 0 spiro atoms. The van der Waals surface area contributed by atoms with Crippen LogP contribution in [-0.2, 0) is 16.0 Å². The van der Waals surface area contributed by atoms with E-state index in [9.17, 15) is 4.79 Å². The summed E-state index contributed by atoms with van der Waals surface area (Å²) in [5.74, 6) is 1.89. The Balaban J connectivity index is 2.35. The van der Waals surface area contributed by atoms with Crippen LogP contribution in [0.5, 0.6) is 5.75 Å². The first-order valence-corrected chi connectivity index (χ1v) is 7.33. The molecule has 0 unspecified atom stereocenters. The molecule has 0 aromatic heterocycles. The van der Waals surface area contributed by atoms with Gasteiger partial charge in [0.2, 0.25) is 0 Å². The summed E-state index contributed by atoms with van der Waals surface area (Å²) >= 11 is 0. The molecular weight excluding hydrogens is 264 g/mol. The van der Waals surface area contributed by atoms with E-state index >= 15 is 0 Å². The van der Waals surface area contributed by atoms with Gasteiger partial charge in [0.25, 0.3) is 0 Å². The topological polar surface area (TPSA) is 35.5 Å². The maximum atomic E-state index is 12.7. The van der Waals surface area contributed by atoms with Crippen LogP contribution < -0.4 is 4.74 Å². The average Bonchev–Trinajstić information content (AvgIpc) is 2.46. The van der Waals surface area contributed by atoms with Crippen LogP contribution in [0.4, 0.5) is 0 Å². The molecule has 0 amide bonds. The Bertz CT molecular complexity index is 582. The summed E-state index contributed by atoms with van der Waals surface area (Å²) < 4.78 is 10.8. The SMILES string of the molecule is COC1=C(Cc2ccc(C)c(OC)c2)C(=O)C(C)(C)CC1. The van der Waals surface area contributed by atoms with Crippen molar-refractivity contribution >= 4 is 5.78 Å². The number of rotatable bonds is 4. The van der Waals surface area contributed by atoms with E-state index < -0.39 is 0 Å². The Morgan fingerprint density at radius 2 is 1.90 bits per heavy atom. The lowest BCUT2D eigenvalue weighted by Crippen LogP contribution is -2.31. The van der Waals surface area contributed by atoms with Crippen LogP contribution in [-0.4, -0.2) is 20.0 Å². The molecule has 2 rings (SSSR count). The second-order valence-electron chi connectivity index (χ2n) is 6.30. The first kappa shape index (κ1) is 15.6. The van der Waals surface area contributed by atoms with Gasteiger partial charge in [-0.25, -0.2) is 0 Å². The summed E-state index contributed by atoms with van der Waals surface area (Å²) in [4.78, 5) is 12.7. The Morgan fingerprint density at radius 3 is 2.52 bits per heavy atom. The fraction of sp³-hybridized carbons (Fsp3) is 0.500. The fourth-order valence-corrected chi connectivity index (χ4v) is 2.81. The van der Waals surface area contributed by atoms with E-state index in [0.717, 1.165) is 41.1 Å². The predicted octanol–water partition coefficient (Wildman–Crippen LogP) is 3.84. The van der Waals surface area contributed by atoms with Crippen LogP contribution in [0, 0.1) is 12.3 Å². The molecule has 0 N–H and O–H groups in total. The molecule has 3 nitrogen and oxygen atoms in total. The molecule has 0 radical (unpaired) electrons. The molecular formula is C18H24O3. The second-order valence-corrected chi connectivity index (χ2v) is 6.30. The van der Waals surface area contributed by atoms with E-state index in [1.165, 1.54) is 0 Å². The Kier molecular flexibility index (Phi) is 4.40. The molecule has 0 atom stereocenters. The van der Waals surface area contributed by atoms with Crippen LogP contribution in [0.25, 0.3) is 0 Å². The number of hydrogen-bond donors (Lipinski definition) is 0. The molecule has 0 saturated carbocycles. The first-order valence-electron chi connectivity index (χ1n) is 7.33. The van der Waals surface area contributed by atoms with E-state index in [0.29, 0.717) is 6.42 Å². The third-order valence-electron chi connectivity index (χ3n) is 4.30. The molecule has 1 aliphatic carbocycles. The number of allylic oxidation sites excluding steroid dienone is 2. The lowest BCUT2D eigenvalue weighted by Gasteiger charge is -2.31. The maximum absolute atomic E-state index is 12.7. The smallest absolute Gasteiger partial charge is 0.168 e. The zero-order chi connectivity index (χ0) is 15.6. The molecule has 3 heteroatoms. The van der Waals surface area contributed by atoms with Crippen LogP contribution in [0.1, 0.15) is 37.8 Å². The lowest BCUT2D eigenvalue weighted by molar-refractivity contribution is -0.124. The van der Waals surface area contributed by atoms with Crippen LogP contribution >= 0.6 is 0 Å². The minimum Gasteiger partial charge on any atom is -0.501 e. The highest BCUT2D eigenvalue weighted by Gasteiger charge is 2.36. The summed E-state index contributed by atoms with van der Waals surface area (Å²) in [6.45, 7) is 6.03. The third kappa shape index (κ3) is 3.12. The van der Waals surface area contributed by atoms with Crippen molar-refractivity contribution in [1.29, 1.82) is 0 Å². The van der Waals surface area contributed by atoms with Crippen molar-refractivity contribution in [3.05, 3.63) is 40.7 Å². The standard InChI is InChI=1S/C18H24O3/c1-12-6-7-13(11-16(12)21-5)10-14-15(20-4)8-9-18(2,3)17(14)19/h6-7,11H,8-10H2,1-5H3. The predicted molar refractivity (Wildman–Crippen MR) is 83.5 cm³/mol. The Labute approximate surface area is 127 Å². The van der Waals surface area contributed by atoms with Crippen LogP contribution in [0.3, 0.4) is 0 Å². The molecule has 0 saturated heterocycles. The number of Topliss-reactive ketones (excluding diaryl/α,β-unsaturated/α-hetero) is 1. The number of benzene rings is 1. The van der Waals surface area contributed by atoms with E-state index in [1.807, 2.05) is 39.0 Å². The molecule has 1 aliphatic rings. The Hall–Kier alpha value is -1.77. The van der Waals surface area contributed by atoms with Crippen molar-refractivity contribution in [3.8, 4) is 5.75 Å². The van der Waals surface area contributed by atoms with Gasteiger partial charge in [-0.3, -0.25) is 4.79 Å². The van der Waals surface area contributed by atoms with Crippen molar-refractivity contribution in [2.45, 2.75) is 40.0 Å². The Morgan fingerprint density at radius 1 is 1.19 bits per heavy atom. The summed E-state index contributed by atoms with van der Waals surface area (Å²) in [6.07, 6.45) is 2.27. The molecule has 1 aromatic rings. The van der Waals surface area contributed by atoms with E-state index in [1.54, 1.807) is 14.2 Å². The zero-order valence-corrected chi connectivity index (χ0v) is 13.6. The number of carbonyl (C=O) groups is 1. The molecule has 0 bridgehead atoms. The van der Waals surface area contributed by atoms with Crippen LogP contribution in [0.2, 0.25) is 0 Å². The van der Waals surface area contributed by atoms with E-state index in [2.05, 4.69) is 0 Å². The number of aryl methyl sites for hydroxylation is 1. The summed E-state index contributed by atoms with van der Waals surface area (Å²) in [5.41, 5.74) is 2.68. The fourth-order valence-electron chi connectivity index (χ4n) is 2.81. The summed E-state index contributed by atoms with van der Waals surface area (Å²) in [7, 11) is 3.32. The van der Waals surface area contributed by atoms with Gasteiger partial charge < -0.3 is 9.47 Å². The second kappa shape index (κ2) is 5.92. The molecule has 21 heavy (non-hydrogen) atoms. The number of ketones is 1. The summed E-state index contributed by atoms with van der Waals surface area (Å²) in [5, 5.41) is 0. The average molecular weight is 288 g/mol. The third-order valence-corrected chi connectivity index (χ3v) is 4.30. The first-order chi connectivity index (χ1) is 9.89. The highest BCUT2D eigenvalue weighted by Crippen LogP contribution is 2.37. The van der Waals surface area contributed by atoms with Gasteiger partial charge in [-0.1, -0.05) is 26.0 Å². The van der Waals surface area contributed by atoms with E-state index in [4.69, 9.17) is 9.47 Å². The highest BCUT2D eigenvalue weighted by molar-refractivity contribution is 6.01. The normalized spacial score (nSPS) is 17.9. The largest absolute Gasteiger partial charge is 0.501 e.